The number of aromatic nitrogens is 1. The van der Waals surface area contributed by atoms with Crippen LogP contribution in [-0.4, -0.2) is 22.0 Å². The third-order valence-electron chi connectivity index (χ3n) is 3.60. The molecule has 2 aromatic carbocycles. The van der Waals surface area contributed by atoms with Crippen LogP contribution in [0.5, 0.6) is 0 Å². The molecule has 0 radical (unpaired) electrons. The van der Waals surface area contributed by atoms with Crippen LogP contribution >= 0.6 is 0 Å². The maximum absolute atomic E-state index is 12.6. The highest BCUT2D eigenvalue weighted by Gasteiger charge is 2.30. The van der Waals surface area contributed by atoms with E-state index < -0.39 is 23.6 Å². The minimum atomic E-state index is -4.46. The number of halogens is 3. The van der Waals surface area contributed by atoms with E-state index in [4.69, 9.17) is 9.52 Å². The number of nitrogens with one attached hydrogen (secondary N) is 1. The monoisotopic (exact) mass is 376 g/mol. The average molecular weight is 376 g/mol. The summed E-state index contributed by atoms with van der Waals surface area (Å²) in [5.41, 5.74) is -0.731. The summed E-state index contributed by atoms with van der Waals surface area (Å²) in [6.07, 6.45) is -3.43. The van der Waals surface area contributed by atoms with Gasteiger partial charge in [-0.1, -0.05) is 12.1 Å². The third kappa shape index (κ3) is 3.97. The van der Waals surface area contributed by atoms with Crippen LogP contribution in [-0.2, 0) is 6.18 Å². The molecule has 0 aliphatic heterocycles. The first-order valence-electron chi connectivity index (χ1n) is 7.52. The number of alkyl halides is 3. The number of hydrogen-bond donors (Lipinski definition) is 2. The van der Waals surface area contributed by atoms with Gasteiger partial charge in [-0.25, -0.2) is 9.78 Å². The Hall–Kier alpha value is -3.62. The number of rotatable bonds is 4. The Morgan fingerprint density at radius 2 is 1.70 bits per heavy atom. The molecule has 0 saturated heterocycles. The number of carboxylic acids is 1. The largest absolute Gasteiger partial charge is 0.478 e. The van der Waals surface area contributed by atoms with Crippen LogP contribution in [0.15, 0.2) is 59.2 Å². The molecular weight excluding hydrogens is 365 g/mol. The van der Waals surface area contributed by atoms with Crippen molar-refractivity contribution in [2.75, 3.05) is 5.32 Å². The molecule has 1 aromatic heterocycles. The molecule has 3 rings (SSSR count). The molecule has 2 N–H and O–H groups in total. The zero-order valence-corrected chi connectivity index (χ0v) is 13.4. The van der Waals surface area contributed by atoms with E-state index >= 15 is 0 Å². The van der Waals surface area contributed by atoms with Gasteiger partial charge in [-0.15, -0.1) is 0 Å². The van der Waals surface area contributed by atoms with Crippen molar-refractivity contribution in [3.63, 3.8) is 0 Å². The molecule has 9 heteroatoms. The summed E-state index contributed by atoms with van der Waals surface area (Å²) in [4.78, 5) is 27.3. The molecule has 0 saturated carbocycles. The SMILES string of the molecule is O=C(Nc1ccccc1C(=O)O)c1coc(-c2ccc(C(F)(F)F)cc2)n1. The lowest BCUT2D eigenvalue weighted by molar-refractivity contribution is -0.137. The van der Waals surface area contributed by atoms with Gasteiger partial charge in [0.2, 0.25) is 5.89 Å². The summed E-state index contributed by atoms with van der Waals surface area (Å²) in [6.45, 7) is 0. The van der Waals surface area contributed by atoms with Gasteiger partial charge in [0.1, 0.15) is 6.26 Å². The summed E-state index contributed by atoms with van der Waals surface area (Å²) >= 11 is 0. The summed E-state index contributed by atoms with van der Waals surface area (Å²) in [7, 11) is 0. The summed E-state index contributed by atoms with van der Waals surface area (Å²) in [5, 5.41) is 11.5. The second-order valence-corrected chi connectivity index (χ2v) is 5.42. The number of benzene rings is 2. The number of carbonyl (C=O) groups is 2. The van der Waals surface area contributed by atoms with Crippen LogP contribution in [0.4, 0.5) is 18.9 Å². The highest BCUT2D eigenvalue weighted by Crippen LogP contribution is 2.30. The summed E-state index contributed by atoms with van der Waals surface area (Å²) in [5.74, 6) is -1.97. The Labute approximate surface area is 150 Å². The number of aromatic carboxylic acids is 1. The number of anilines is 1. The second-order valence-electron chi connectivity index (χ2n) is 5.42. The van der Waals surface area contributed by atoms with Gasteiger partial charge in [-0.2, -0.15) is 13.2 Å². The molecule has 0 fully saturated rings. The van der Waals surface area contributed by atoms with Crippen LogP contribution in [0.1, 0.15) is 26.4 Å². The van der Waals surface area contributed by atoms with Crippen molar-refractivity contribution >= 4 is 17.6 Å². The quantitative estimate of drug-likeness (QED) is 0.708. The van der Waals surface area contributed by atoms with Crippen molar-refractivity contribution in [1.29, 1.82) is 0 Å². The lowest BCUT2D eigenvalue weighted by Gasteiger charge is -2.06. The first-order chi connectivity index (χ1) is 12.8. The molecule has 0 bridgehead atoms. The normalized spacial score (nSPS) is 11.2. The van der Waals surface area contributed by atoms with Gasteiger partial charge in [0.05, 0.1) is 16.8 Å². The van der Waals surface area contributed by atoms with Crippen molar-refractivity contribution in [2.45, 2.75) is 6.18 Å². The van der Waals surface area contributed by atoms with E-state index in [1.165, 1.54) is 30.3 Å². The fourth-order valence-corrected chi connectivity index (χ4v) is 2.28. The van der Waals surface area contributed by atoms with E-state index in [1.54, 1.807) is 6.07 Å². The topological polar surface area (TPSA) is 92.4 Å². The second kappa shape index (κ2) is 6.94. The smallest absolute Gasteiger partial charge is 0.416 e. The predicted octanol–water partition coefficient (Wildman–Crippen LogP) is 4.31. The minimum Gasteiger partial charge on any atom is -0.478 e. The summed E-state index contributed by atoms with van der Waals surface area (Å²) in [6, 6.07) is 9.92. The van der Waals surface area contributed by atoms with Gasteiger partial charge >= 0.3 is 12.1 Å². The van der Waals surface area contributed by atoms with E-state index in [0.29, 0.717) is 0 Å². The Balaban J connectivity index is 1.80. The van der Waals surface area contributed by atoms with Crippen LogP contribution in [0.3, 0.4) is 0 Å². The number of para-hydroxylation sites is 1. The Morgan fingerprint density at radius 3 is 2.33 bits per heavy atom. The molecule has 1 amide bonds. The number of carboxylic acid groups (broad SMARTS) is 1. The lowest BCUT2D eigenvalue weighted by atomic mass is 10.1. The number of hydrogen-bond acceptors (Lipinski definition) is 4. The highest BCUT2D eigenvalue weighted by molar-refractivity contribution is 6.06. The van der Waals surface area contributed by atoms with E-state index in [2.05, 4.69) is 10.3 Å². The van der Waals surface area contributed by atoms with Gasteiger partial charge in [0.25, 0.3) is 5.91 Å². The van der Waals surface area contributed by atoms with Crippen molar-refractivity contribution in [3.8, 4) is 11.5 Å². The van der Waals surface area contributed by atoms with E-state index in [0.717, 1.165) is 18.4 Å². The van der Waals surface area contributed by atoms with Crippen LogP contribution in [0.25, 0.3) is 11.5 Å². The maximum Gasteiger partial charge on any atom is 0.416 e. The zero-order chi connectivity index (χ0) is 19.6. The molecule has 0 spiro atoms. The Bertz CT molecular complexity index is 994. The highest BCUT2D eigenvalue weighted by atomic mass is 19.4. The van der Waals surface area contributed by atoms with Crippen molar-refractivity contribution in [3.05, 3.63) is 71.6 Å². The first kappa shape index (κ1) is 18.2. The van der Waals surface area contributed by atoms with Gasteiger partial charge in [-0.3, -0.25) is 4.79 Å². The van der Waals surface area contributed by atoms with Crippen LogP contribution in [0.2, 0.25) is 0 Å². The van der Waals surface area contributed by atoms with E-state index in [-0.39, 0.29) is 28.4 Å². The van der Waals surface area contributed by atoms with Crippen LogP contribution in [0, 0.1) is 0 Å². The number of nitrogens with zero attached hydrogens (tertiary/aromatic N) is 1. The maximum atomic E-state index is 12.6. The van der Waals surface area contributed by atoms with E-state index in [1.807, 2.05) is 0 Å². The van der Waals surface area contributed by atoms with Gasteiger partial charge in [0.15, 0.2) is 5.69 Å². The van der Waals surface area contributed by atoms with E-state index in [9.17, 15) is 22.8 Å². The standard InChI is InChI=1S/C18H11F3N2O4/c19-18(20,21)11-7-5-10(6-8-11)16-23-14(9-27-16)15(24)22-13-4-2-1-3-12(13)17(25)26/h1-9H,(H,22,24)(H,25,26). The molecule has 1 heterocycles. The molecule has 3 aromatic rings. The van der Waals surface area contributed by atoms with Gasteiger partial charge < -0.3 is 14.8 Å². The number of amides is 1. The minimum absolute atomic E-state index is 0.0413. The Morgan fingerprint density at radius 1 is 1.04 bits per heavy atom. The van der Waals surface area contributed by atoms with Crippen LogP contribution < -0.4 is 5.32 Å². The third-order valence-corrected chi connectivity index (χ3v) is 3.60. The number of oxazole rings is 1. The molecule has 27 heavy (non-hydrogen) atoms. The fourth-order valence-electron chi connectivity index (χ4n) is 2.28. The molecule has 138 valence electrons. The predicted molar refractivity (Wildman–Crippen MR) is 88.3 cm³/mol. The molecule has 0 aliphatic carbocycles. The number of carbonyl (C=O) groups excluding carboxylic acids is 1. The Kier molecular flexibility index (Phi) is 4.68. The van der Waals surface area contributed by atoms with Gasteiger partial charge in [-0.05, 0) is 36.4 Å². The van der Waals surface area contributed by atoms with Gasteiger partial charge in [0, 0.05) is 5.56 Å². The lowest BCUT2D eigenvalue weighted by Crippen LogP contribution is -2.15. The van der Waals surface area contributed by atoms with Crippen molar-refractivity contribution in [2.24, 2.45) is 0 Å². The van der Waals surface area contributed by atoms with Crippen molar-refractivity contribution < 1.29 is 32.3 Å². The zero-order valence-electron chi connectivity index (χ0n) is 13.4. The molecule has 6 nitrogen and oxygen atoms in total. The fraction of sp³-hybridized carbons (Fsp3) is 0.0556. The summed E-state index contributed by atoms with van der Waals surface area (Å²) < 4.78 is 42.9. The molecule has 0 atom stereocenters. The van der Waals surface area contributed by atoms with Crippen molar-refractivity contribution in [1.82, 2.24) is 4.98 Å². The molecule has 0 unspecified atom stereocenters. The first-order valence-corrected chi connectivity index (χ1v) is 7.52. The molecule has 0 aliphatic rings. The molecular formula is C18H11F3N2O4. The average Bonchev–Trinajstić information content (AvgIpc) is 3.11.